The second-order valence-electron chi connectivity index (χ2n) is 7.77. The highest BCUT2D eigenvalue weighted by atomic mass is 16.2. The molecular weight excluding hydrogens is 350 g/mol. The summed E-state index contributed by atoms with van der Waals surface area (Å²) in [5.74, 6) is 1.41. The van der Waals surface area contributed by atoms with Crippen molar-refractivity contribution in [2.45, 2.75) is 25.8 Å². The Morgan fingerprint density at radius 1 is 0.964 bits per heavy atom. The van der Waals surface area contributed by atoms with Crippen molar-refractivity contribution in [3.63, 3.8) is 0 Å². The summed E-state index contributed by atoms with van der Waals surface area (Å²) in [7, 11) is 0. The molecule has 1 aromatic carbocycles. The molecule has 3 heterocycles. The number of benzene rings is 1. The highest BCUT2D eigenvalue weighted by molar-refractivity contribution is 5.79. The lowest BCUT2D eigenvalue weighted by atomic mass is 9.95. The molecule has 2 aliphatic rings. The van der Waals surface area contributed by atoms with E-state index in [0.29, 0.717) is 5.91 Å². The van der Waals surface area contributed by atoms with E-state index in [9.17, 15) is 4.79 Å². The minimum absolute atomic E-state index is 0.147. The van der Waals surface area contributed by atoms with Gasteiger partial charge in [-0.3, -0.25) is 14.7 Å². The molecule has 1 aromatic heterocycles. The smallest absolute Gasteiger partial charge is 0.225 e. The van der Waals surface area contributed by atoms with E-state index in [-0.39, 0.29) is 5.92 Å². The second kappa shape index (κ2) is 9.15. The van der Waals surface area contributed by atoms with E-state index in [2.05, 4.69) is 55.0 Å². The first-order chi connectivity index (χ1) is 13.8. The predicted molar refractivity (Wildman–Crippen MR) is 110 cm³/mol. The number of carbonyl (C=O) groups excluding carboxylic acids is 1. The fourth-order valence-electron chi connectivity index (χ4n) is 4.26. The number of hydrogen-bond acceptors (Lipinski definition) is 5. The Morgan fingerprint density at radius 2 is 1.79 bits per heavy atom. The van der Waals surface area contributed by atoms with E-state index in [1.165, 1.54) is 5.56 Å². The van der Waals surface area contributed by atoms with Crippen LogP contribution in [0.15, 0.2) is 48.9 Å². The lowest BCUT2D eigenvalue weighted by molar-refractivity contribution is -0.136. The third kappa shape index (κ3) is 4.68. The Balaban J connectivity index is 1.27. The number of nitrogens with zero attached hydrogens (tertiary/aromatic N) is 5. The molecule has 0 radical (unpaired) electrons. The van der Waals surface area contributed by atoms with E-state index < -0.39 is 0 Å². The standard InChI is InChI=1S/C22H29N5O/c28-22(20-7-13-26(14-8-20)21-17-23-9-10-24-21)27-12-4-11-25(15-16-27)18-19-5-2-1-3-6-19/h1-3,5-6,9-10,17,20H,4,7-8,11-16,18H2. The normalized spacial score (nSPS) is 19.4. The van der Waals surface area contributed by atoms with Crippen LogP contribution in [0.2, 0.25) is 0 Å². The van der Waals surface area contributed by atoms with Gasteiger partial charge in [0.2, 0.25) is 5.91 Å². The van der Waals surface area contributed by atoms with Crippen LogP contribution in [0.3, 0.4) is 0 Å². The topological polar surface area (TPSA) is 52.6 Å². The minimum Gasteiger partial charge on any atom is -0.355 e. The number of carbonyl (C=O) groups is 1. The molecule has 2 aromatic rings. The predicted octanol–water partition coefficient (Wildman–Crippen LogP) is 2.43. The van der Waals surface area contributed by atoms with Gasteiger partial charge in [-0.05, 0) is 24.8 Å². The van der Waals surface area contributed by atoms with Crippen molar-refractivity contribution in [3.8, 4) is 0 Å². The van der Waals surface area contributed by atoms with Crippen molar-refractivity contribution in [1.82, 2.24) is 19.8 Å². The van der Waals surface area contributed by atoms with Crippen molar-refractivity contribution in [2.24, 2.45) is 5.92 Å². The Hall–Kier alpha value is -2.47. The number of hydrogen-bond donors (Lipinski definition) is 0. The molecule has 2 saturated heterocycles. The molecule has 0 spiro atoms. The molecule has 0 unspecified atom stereocenters. The van der Waals surface area contributed by atoms with E-state index in [4.69, 9.17) is 0 Å². The summed E-state index contributed by atoms with van der Waals surface area (Å²) in [5.41, 5.74) is 1.35. The van der Waals surface area contributed by atoms with Crippen molar-refractivity contribution >= 4 is 11.7 Å². The van der Waals surface area contributed by atoms with Gasteiger partial charge in [-0.25, -0.2) is 4.98 Å². The van der Waals surface area contributed by atoms with Gasteiger partial charge in [0.1, 0.15) is 5.82 Å². The number of rotatable bonds is 4. The molecule has 2 fully saturated rings. The van der Waals surface area contributed by atoms with Crippen molar-refractivity contribution in [2.75, 3.05) is 44.2 Å². The Morgan fingerprint density at radius 3 is 2.54 bits per heavy atom. The molecule has 6 heteroatoms. The van der Waals surface area contributed by atoms with E-state index in [0.717, 1.165) is 70.9 Å². The first kappa shape index (κ1) is 18.9. The molecular formula is C22H29N5O. The summed E-state index contributed by atoms with van der Waals surface area (Å²) in [6.07, 6.45) is 8.08. The lowest BCUT2D eigenvalue weighted by Gasteiger charge is -2.34. The van der Waals surface area contributed by atoms with Gasteiger partial charge < -0.3 is 9.80 Å². The molecule has 0 atom stereocenters. The third-order valence-electron chi connectivity index (χ3n) is 5.87. The van der Waals surface area contributed by atoms with Crippen molar-refractivity contribution < 1.29 is 4.79 Å². The maximum atomic E-state index is 13.1. The maximum Gasteiger partial charge on any atom is 0.225 e. The number of piperidine rings is 1. The second-order valence-corrected chi connectivity index (χ2v) is 7.77. The van der Waals surface area contributed by atoms with Gasteiger partial charge in [-0.2, -0.15) is 0 Å². The van der Waals surface area contributed by atoms with Crippen LogP contribution in [0.4, 0.5) is 5.82 Å². The summed E-state index contributed by atoms with van der Waals surface area (Å²) in [6.45, 7) is 6.47. The highest BCUT2D eigenvalue weighted by Crippen LogP contribution is 2.23. The molecule has 28 heavy (non-hydrogen) atoms. The Bertz CT molecular complexity index is 746. The Kier molecular flexibility index (Phi) is 6.17. The molecule has 148 valence electrons. The highest BCUT2D eigenvalue weighted by Gasteiger charge is 2.30. The molecule has 0 N–H and O–H groups in total. The average Bonchev–Trinajstić information content (AvgIpc) is 3.00. The summed E-state index contributed by atoms with van der Waals surface area (Å²) in [6, 6.07) is 10.6. The molecule has 0 saturated carbocycles. The zero-order chi connectivity index (χ0) is 19.2. The zero-order valence-corrected chi connectivity index (χ0v) is 16.4. The van der Waals surface area contributed by atoms with Crippen molar-refractivity contribution in [3.05, 3.63) is 54.5 Å². The van der Waals surface area contributed by atoms with Crippen LogP contribution in [-0.4, -0.2) is 64.9 Å². The number of aromatic nitrogens is 2. The molecule has 0 aliphatic carbocycles. The number of anilines is 1. The quantitative estimate of drug-likeness (QED) is 0.817. The van der Waals surface area contributed by atoms with Crippen LogP contribution in [-0.2, 0) is 11.3 Å². The summed E-state index contributed by atoms with van der Waals surface area (Å²) in [4.78, 5) is 28.4. The van der Waals surface area contributed by atoms with Gasteiger partial charge in [0.05, 0.1) is 6.20 Å². The van der Waals surface area contributed by atoms with Gasteiger partial charge >= 0.3 is 0 Å². The van der Waals surface area contributed by atoms with E-state index in [1.807, 2.05) is 0 Å². The van der Waals surface area contributed by atoms with Gasteiger partial charge in [0.15, 0.2) is 0 Å². The largest absolute Gasteiger partial charge is 0.355 e. The van der Waals surface area contributed by atoms with Crippen LogP contribution >= 0.6 is 0 Å². The Labute approximate surface area is 167 Å². The van der Waals surface area contributed by atoms with E-state index >= 15 is 0 Å². The summed E-state index contributed by atoms with van der Waals surface area (Å²) < 4.78 is 0. The average molecular weight is 380 g/mol. The van der Waals surface area contributed by atoms with Crippen molar-refractivity contribution in [1.29, 1.82) is 0 Å². The van der Waals surface area contributed by atoms with Gasteiger partial charge in [-0.15, -0.1) is 0 Å². The fourth-order valence-corrected chi connectivity index (χ4v) is 4.26. The zero-order valence-electron chi connectivity index (χ0n) is 16.4. The van der Waals surface area contributed by atoms with Crippen LogP contribution in [0.25, 0.3) is 0 Å². The lowest BCUT2D eigenvalue weighted by Crippen LogP contribution is -2.44. The van der Waals surface area contributed by atoms with Gasteiger partial charge in [0.25, 0.3) is 0 Å². The van der Waals surface area contributed by atoms with Crippen LogP contribution in [0.5, 0.6) is 0 Å². The maximum absolute atomic E-state index is 13.1. The first-order valence-electron chi connectivity index (χ1n) is 10.4. The summed E-state index contributed by atoms with van der Waals surface area (Å²) in [5, 5.41) is 0. The molecule has 1 amide bonds. The molecule has 0 bridgehead atoms. The van der Waals surface area contributed by atoms with Crippen LogP contribution in [0, 0.1) is 5.92 Å². The molecule has 4 rings (SSSR count). The number of amides is 1. The van der Waals surface area contributed by atoms with Gasteiger partial charge in [0, 0.05) is 64.1 Å². The molecule has 6 nitrogen and oxygen atoms in total. The minimum atomic E-state index is 0.147. The monoisotopic (exact) mass is 379 g/mol. The first-order valence-corrected chi connectivity index (χ1v) is 10.4. The van der Waals surface area contributed by atoms with E-state index in [1.54, 1.807) is 18.6 Å². The SMILES string of the molecule is O=C(C1CCN(c2cnccn2)CC1)N1CCCN(Cc2ccccc2)CC1. The summed E-state index contributed by atoms with van der Waals surface area (Å²) >= 11 is 0. The third-order valence-corrected chi connectivity index (χ3v) is 5.87. The van der Waals surface area contributed by atoms with Gasteiger partial charge in [-0.1, -0.05) is 30.3 Å². The molecule has 2 aliphatic heterocycles. The fraction of sp³-hybridized carbons (Fsp3) is 0.500. The van der Waals surface area contributed by atoms with Crippen LogP contribution in [0.1, 0.15) is 24.8 Å². The van der Waals surface area contributed by atoms with Crippen LogP contribution < -0.4 is 4.90 Å².